The van der Waals surface area contributed by atoms with Crippen molar-refractivity contribution in [1.82, 2.24) is 71.6 Å². The van der Waals surface area contributed by atoms with E-state index in [1.165, 1.54) is 41.5 Å². The Hall–Kier alpha value is -10.9. The van der Waals surface area contributed by atoms with Crippen LogP contribution in [0.1, 0.15) is 126 Å². The van der Waals surface area contributed by atoms with Crippen LogP contribution in [0.5, 0.6) is 0 Å². The first-order valence-corrected chi connectivity index (χ1v) is 46.0. The van der Waals surface area contributed by atoms with Crippen molar-refractivity contribution in [1.29, 1.82) is 0 Å². The van der Waals surface area contributed by atoms with Gasteiger partial charge in [0.1, 0.15) is 78.9 Å². The zero-order valence-corrected chi connectivity index (χ0v) is 82.0. The second kappa shape index (κ2) is 67.6. The van der Waals surface area contributed by atoms with Crippen LogP contribution in [0.4, 0.5) is 4.79 Å². The lowest BCUT2D eigenvalue weighted by atomic mass is 9.96. The molecular weight excluding hydrogens is 1900 g/mol. The van der Waals surface area contributed by atoms with Gasteiger partial charge in [-0.3, -0.25) is 62.3 Å². The molecular formula is C86H136N14O42. The number of rotatable bonds is 73. The number of ether oxygens (including phenoxy) is 27. The molecule has 0 unspecified atom stereocenters. The van der Waals surface area contributed by atoms with E-state index in [9.17, 15) is 67.1 Å². The van der Waals surface area contributed by atoms with Gasteiger partial charge < -0.3 is 160 Å². The molecule has 3 aliphatic rings. The molecule has 6 rings (SSSR count). The van der Waals surface area contributed by atoms with Crippen molar-refractivity contribution >= 4 is 83.4 Å². The minimum atomic E-state index is -1.40. The van der Waals surface area contributed by atoms with Crippen LogP contribution in [0.25, 0.3) is 0 Å². The van der Waals surface area contributed by atoms with E-state index in [2.05, 4.69) is 57.5 Å². The fourth-order valence-electron chi connectivity index (χ4n) is 14.0. The standard InChI is InChI=1S/C86H136N14O42/c1-54(101)88-73-79(137-63(10)110)76(134-60(7)107)69(48-131-57(4)104)140-82(73)128-39-36-122-33-30-119-27-24-116-21-18-98-42-66(92-95-98)45-125-51-86(91-72(113)16-14-13-15-17-87-85(114)115,52-126-46-67-43-99(96-93-67)19-22-117-25-28-120-31-34-123-37-40-129-83-74(89-55(2)102)80(138-64(11)111)77(135-61(8)108)70(141-83)49-132-58(5)105)53-127-47-68-44-100(97-94-68)20-23-118-26-29-121-32-35-124-38-41-130-84-75(90-56(3)103)81(139-65(12)112)78(136-62(9)109)71(142-84)50-133-59(6)106/h42-44,69-71,73-84,87H,13-41,45-53H2,1-12H3,(H,88,101)(H,89,102)(H,90,103)(H,91,113)(H,114,115)/t69-,70-,71-,73-,74-,75-,76+,77+,78+,79-,80-,81-,82-,83-,84-/m1/s1. The minimum absolute atomic E-state index is 0.0331. The van der Waals surface area contributed by atoms with Gasteiger partial charge in [0.25, 0.3) is 0 Å². The third-order valence-electron chi connectivity index (χ3n) is 19.8. The topological polar surface area (TPSA) is 661 Å². The zero-order valence-electron chi connectivity index (χ0n) is 82.0. The molecule has 15 atom stereocenters. The first-order valence-electron chi connectivity index (χ1n) is 46.0. The summed E-state index contributed by atoms with van der Waals surface area (Å²) >= 11 is 0. The highest BCUT2D eigenvalue weighted by atomic mass is 16.7. The molecule has 6 N–H and O–H groups in total. The van der Waals surface area contributed by atoms with E-state index >= 15 is 0 Å². The molecule has 3 fully saturated rings. The maximum atomic E-state index is 14.1. The Kier molecular flexibility index (Phi) is 57.0. The van der Waals surface area contributed by atoms with Crippen molar-refractivity contribution in [2.45, 2.75) is 246 Å². The fourth-order valence-corrected chi connectivity index (χ4v) is 14.0. The van der Waals surface area contributed by atoms with Crippen LogP contribution < -0.4 is 26.6 Å². The van der Waals surface area contributed by atoms with Crippen molar-refractivity contribution in [3.63, 3.8) is 0 Å². The van der Waals surface area contributed by atoms with E-state index in [-0.39, 0.29) is 211 Å². The van der Waals surface area contributed by atoms with Gasteiger partial charge in [-0.1, -0.05) is 22.1 Å². The van der Waals surface area contributed by atoms with Crippen LogP contribution in [0.15, 0.2) is 18.6 Å². The van der Waals surface area contributed by atoms with E-state index in [1.54, 1.807) is 32.6 Å². The van der Waals surface area contributed by atoms with Crippen molar-refractivity contribution in [2.75, 3.05) is 185 Å². The van der Waals surface area contributed by atoms with E-state index in [4.69, 9.17) is 133 Å². The van der Waals surface area contributed by atoms with Gasteiger partial charge in [-0.2, -0.15) is 0 Å². The summed E-state index contributed by atoms with van der Waals surface area (Å²) in [5.74, 6) is -8.44. The van der Waals surface area contributed by atoms with Gasteiger partial charge in [0.05, 0.1) is 217 Å². The van der Waals surface area contributed by atoms with Crippen LogP contribution in [0.2, 0.25) is 0 Å². The van der Waals surface area contributed by atoms with Crippen molar-refractivity contribution in [3.05, 3.63) is 35.7 Å². The molecule has 142 heavy (non-hydrogen) atoms. The molecule has 3 aliphatic heterocycles. The lowest BCUT2D eigenvalue weighted by molar-refractivity contribution is -0.279. The quantitative estimate of drug-likeness (QED) is 0.0190. The third kappa shape index (κ3) is 49.4. The summed E-state index contributed by atoms with van der Waals surface area (Å²) in [6, 6.07) is -3.44. The van der Waals surface area contributed by atoms with Gasteiger partial charge in [0.15, 0.2) is 55.5 Å². The van der Waals surface area contributed by atoms with Crippen LogP contribution in [0.3, 0.4) is 0 Å². The number of unbranched alkanes of at least 4 members (excludes halogenated alkanes) is 2. The first-order chi connectivity index (χ1) is 68.0. The number of hydrogen-bond acceptors (Lipinski definition) is 47. The van der Waals surface area contributed by atoms with Gasteiger partial charge in [-0.05, 0) is 12.8 Å². The number of carbonyl (C=O) groups excluding carboxylic acids is 13. The van der Waals surface area contributed by atoms with Gasteiger partial charge in [-0.25, -0.2) is 18.8 Å². The number of carbonyl (C=O) groups is 14. The number of carboxylic acid groups (broad SMARTS) is 1. The summed E-state index contributed by atoms with van der Waals surface area (Å²) in [7, 11) is 0. The zero-order chi connectivity index (χ0) is 104. The summed E-state index contributed by atoms with van der Waals surface area (Å²) in [6.45, 7) is 15.7. The van der Waals surface area contributed by atoms with Gasteiger partial charge >= 0.3 is 59.8 Å². The van der Waals surface area contributed by atoms with Crippen molar-refractivity contribution in [3.8, 4) is 0 Å². The average molecular weight is 2040 g/mol. The highest BCUT2D eigenvalue weighted by molar-refractivity contribution is 5.77. The first kappa shape index (κ1) is 120. The average Bonchev–Trinajstić information content (AvgIpc) is 1.21. The predicted octanol–water partition coefficient (Wildman–Crippen LogP) is -2.74. The molecule has 0 aromatic carbocycles. The van der Waals surface area contributed by atoms with Gasteiger partial charge in [0, 0.05) is 96.1 Å². The van der Waals surface area contributed by atoms with E-state index < -0.39 is 201 Å². The SMILES string of the molecule is CC(=O)N[C@H]1[C@H](OCCOCCOCCOCCn2cc(COCC(COCc3cn(CCOCCOCCOCCO[C@@H]4O[C@H](COC(C)=O)[C@H](OC(C)=O)[C@H](OC(C)=O)[C@H]4NC(C)=O)nn3)(COCc3cn(CCOCCOCCOCCO[C@@H]4O[C@H](COC(C)=O)[C@H](OC(C)=O)[C@H](OC(C)=O)[C@H]4NC(C)=O)nn3)NC(=O)CCCCCNC(=O)O)nn2)O[C@H](COC(C)=O)[C@H](OC(C)=O)[C@@H]1OC(C)=O. The highest BCUT2D eigenvalue weighted by Gasteiger charge is 2.55. The number of amides is 5. The highest BCUT2D eigenvalue weighted by Crippen LogP contribution is 2.32. The Morgan fingerprint density at radius 2 is 0.592 bits per heavy atom. The van der Waals surface area contributed by atoms with Crippen molar-refractivity contribution in [2.24, 2.45) is 0 Å². The number of hydrogen-bond donors (Lipinski definition) is 6. The summed E-state index contributed by atoms with van der Waals surface area (Å²) in [6.07, 6.45) is -9.67. The van der Waals surface area contributed by atoms with E-state index in [0.29, 0.717) is 36.3 Å². The number of aromatic nitrogens is 9. The largest absolute Gasteiger partial charge is 0.465 e. The predicted molar refractivity (Wildman–Crippen MR) is 472 cm³/mol. The molecule has 3 aromatic rings. The van der Waals surface area contributed by atoms with E-state index in [0.717, 1.165) is 41.5 Å². The second-order valence-electron chi connectivity index (χ2n) is 32.1. The molecule has 3 aromatic heterocycles. The Bertz CT molecular complexity index is 3920. The van der Waals surface area contributed by atoms with Gasteiger partial charge in [0.2, 0.25) is 23.6 Å². The van der Waals surface area contributed by atoms with Crippen LogP contribution >= 0.6 is 0 Å². The minimum Gasteiger partial charge on any atom is -0.465 e. The second-order valence-corrected chi connectivity index (χ2v) is 32.1. The molecule has 0 spiro atoms. The summed E-state index contributed by atoms with van der Waals surface area (Å²) in [4.78, 5) is 170. The monoisotopic (exact) mass is 2040 g/mol. The molecule has 802 valence electrons. The smallest absolute Gasteiger partial charge is 0.404 e. The molecule has 3 saturated heterocycles. The summed E-state index contributed by atoms with van der Waals surface area (Å²) in [5.41, 5.74) is -0.139. The third-order valence-corrected chi connectivity index (χ3v) is 19.8. The molecule has 5 amide bonds. The van der Waals surface area contributed by atoms with Gasteiger partial charge in [-0.15, -0.1) is 15.3 Å². The summed E-state index contributed by atoms with van der Waals surface area (Å²) < 4.78 is 159. The lowest BCUT2D eigenvalue weighted by Crippen LogP contribution is -2.66. The summed E-state index contributed by atoms with van der Waals surface area (Å²) in [5, 5.41) is 48.0. The molecule has 6 heterocycles. The molecule has 56 nitrogen and oxygen atoms in total. The molecule has 0 radical (unpaired) electrons. The Balaban J connectivity index is 0.994. The molecule has 0 saturated carbocycles. The maximum absolute atomic E-state index is 14.1. The fraction of sp³-hybridized carbons (Fsp3) is 0.767. The Morgan fingerprint density at radius 3 is 0.845 bits per heavy atom. The molecule has 0 bridgehead atoms. The number of esters is 9. The van der Waals surface area contributed by atoms with Crippen LogP contribution in [0, 0.1) is 0 Å². The number of nitrogens with zero attached hydrogens (tertiary/aromatic N) is 9. The number of nitrogens with one attached hydrogen (secondary N) is 5. The van der Waals surface area contributed by atoms with E-state index in [1.807, 2.05) is 0 Å². The Morgan fingerprint density at radius 1 is 0.331 bits per heavy atom. The molecule has 56 heteroatoms. The van der Waals surface area contributed by atoms with Crippen LogP contribution in [-0.4, -0.2) is 416 Å². The Labute approximate surface area is 818 Å². The maximum Gasteiger partial charge on any atom is 0.404 e. The normalized spacial score (nSPS) is 21.0. The van der Waals surface area contributed by atoms with Crippen molar-refractivity contribution < 1.29 is 200 Å². The molecule has 0 aliphatic carbocycles. The lowest BCUT2D eigenvalue weighted by Gasteiger charge is -2.44. The van der Waals surface area contributed by atoms with Crippen LogP contribution in [-0.2, 0) is 230 Å².